The van der Waals surface area contributed by atoms with Crippen molar-refractivity contribution in [3.05, 3.63) is 42.0 Å². The van der Waals surface area contributed by atoms with Crippen molar-refractivity contribution in [2.45, 2.75) is 25.3 Å². The molecule has 28 heavy (non-hydrogen) atoms. The zero-order valence-corrected chi connectivity index (χ0v) is 15.7. The molecule has 2 aromatic heterocycles. The summed E-state index contributed by atoms with van der Waals surface area (Å²) in [5.74, 6) is -0.792. The standard InChI is InChI=1S/C19H22N6O3/c1-23-12-13(11-20-23)25-10-7-16(19(25)28)22-17(26)14-5-4-6-15(21-14)18(27)24-8-2-3-9-24/h4-6,11-12,16H,2-3,7-10H2,1H3,(H,22,26). The Kier molecular flexibility index (Phi) is 4.81. The molecule has 0 bridgehead atoms. The summed E-state index contributed by atoms with van der Waals surface area (Å²) >= 11 is 0. The van der Waals surface area contributed by atoms with Crippen LogP contribution >= 0.6 is 0 Å². The number of aryl methyl sites for hydroxylation is 1. The summed E-state index contributed by atoms with van der Waals surface area (Å²) in [6, 6.07) is 4.19. The minimum Gasteiger partial charge on any atom is -0.339 e. The van der Waals surface area contributed by atoms with Crippen molar-refractivity contribution in [3.63, 3.8) is 0 Å². The number of hydrogen-bond donors (Lipinski definition) is 1. The van der Waals surface area contributed by atoms with Crippen molar-refractivity contribution in [2.75, 3.05) is 24.5 Å². The van der Waals surface area contributed by atoms with E-state index in [1.54, 1.807) is 52.1 Å². The number of carbonyl (C=O) groups excluding carboxylic acids is 3. The van der Waals surface area contributed by atoms with Crippen LogP contribution in [0.4, 0.5) is 5.69 Å². The van der Waals surface area contributed by atoms with Gasteiger partial charge in [-0.3, -0.25) is 19.1 Å². The molecule has 1 N–H and O–H groups in total. The Bertz CT molecular complexity index is 918. The maximum Gasteiger partial charge on any atom is 0.272 e. The lowest BCUT2D eigenvalue weighted by Gasteiger charge is -2.16. The number of hydrogen-bond acceptors (Lipinski definition) is 5. The normalized spacial score (nSPS) is 19.3. The van der Waals surface area contributed by atoms with Crippen LogP contribution in [-0.4, -0.2) is 63.1 Å². The Morgan fingerprint density at radius 2 is 1.89 bits per heavy atom. The molecule has 9 nitrogen and oxygen atoms in total. The van der Waals surface area contributed by atoms with Crippen LogP contribution in [-0.2, 0) is 11.8 Å². The fraction of sp³-hybridized carbons (Fsp3) is 0.421. The Balaban J connectivity index is 1.43. The second-order valence-electron chi connectivity index (χ2n) is 7.08. The lowest BCUT2D eigenvalue weighted by atomic mass is 10.2. The fourth-order valence-corrected chi connectivity index (χ4v) is 3.61. The summed E-state index contributed by atoms with van der Waals surface area (Å²) in [5, 5.41) is 6.82. The van der Waals surface area contributed by atoms with Crippen LogP contribution in [0.15, 0.2) is 30.6 Å². The molecular formula is C19H22N6O3. The van der Waals surface area contributed by atoms with Gasteiger partial charge in [-0.1, -0.05) is 6.07 Å². The summed E-state index contributed by atoms with van der Waals surface area (Å²) < 4.78 is 1.63. The van der Waals surface area contributed by atoms with Gasteiger partial charge in [-0.25, -0.2) is 4.98 Å². The van der Waals surface area contributed by atoms with Crippen molar-refractivity contribution >= 4 is 23.4 Å². The molecule has 0 saturated carbocycles. The molecule has 2 aliphatic heterocycles. The number of carbonyl (C=O) groups is 3. The van der Waals surface area contributed by atoms with Gasteiger partial charge in [-0.05, 0) is 31.4 Å². The number of nitrogens with zero attached hydrogens (tertiary/aromatic N) is 5. The Hall–Kier alpha value is -3.23. The van der Waals surface area contributed by atoms with Crippen molar-refractivity contribution < 1.29 is 14.4 Å². The first-order valence-electron chi connectivity index (χ1n) is 9.40. The van der Waals surface area contributed by atoms with E-state index in [4.69, 9.17) is 0 Å². The SMILES string of the molecule is Cn1cc(N2CCC(NC(=O)c3cccc(C(=O)N4CCCC4)n3)C2=O)cn1. The van der Waals surface area contributed by atoms with Crippen molar-refractivity contribution in [2.24, 2.45) is 7.05 Å². The third-order valence-corrected chi connectivity index (χ3v) is 5.11. The maximum absolute atomic E-state index is 12.6. The molecule has 0 radical (unpaired) electrons. The summed E-state index contributed by atoms with van der Waals surface area (Å²) in [6.07, 6.45) is 5.87. The molecule has 3 amide bonds. The molecule has 2 aromatic rings. The largest absolute Gasteiger partial charge is 0.339 e. The Morgan fingerprint density at radius 3 is 2.61 bits per heavy atom. The molecule has 0 aliphatic carbocycles. The number of likely N-dealkylation sites (tertiary alicyclic amines) is 1. The van der Waals surface area contributed by atoms with E-state index in [2.05, 4.69) is 15.4 Å². The molecule has 4 heterocycles. The van der Waals surface area contributed by atoms with Crippen LogP contribution < -0.4 is 10.2 Å². The highest BCUT2D eigenvalue weighted by atomic mass is 16.2. The van der Waals surface area contributed by atoms with Crippen LogP contribution in [0.2, 0.25) is 0 Å². The molecule has 2 aliphatic rings. The molecule has 2 fully saturated rings. The van der Waals surface area contributed by atoms with Gasteiger partial charge in [-0.2, -0.15) is 5.10 Å². The van der Waals surface area contributed by atoms with E-state index in [1.165, 1.54) is 0 Å². The number of pyridine rings is 1. The molecule has 4 rings (SSSR count). The van der Waals surface area contributed by atoms with E-state index in [9.17, 15) is 14.4 Å². The predicted molar refractivity (Wildman–Crippen MR) is 101 cm³/mol. The molecule has 2 saturated heterocycles. The molecule has 0 spiro atoms. The zero-order valence-electron chi connectivity index (χ0n) is 15.7. The van der Waals surface area contributed by atoms with Crippen molar-refractivity contribution in [3.8, 4) is 0 Å². The van der Waals surface area contributed by atoms with Crippen molar-refractivity contribution in [1.82, 2.24) is 25.0 Å². The highest BCUT2D eigenvalue weighted by Gasteiger charge is 2.34. The Labute approximate surface area is 162 Å². The second kappa shape index (κ2) is 7.41. The molecule has 0 aromatic carbocycles. The van der Waals surface area contributed by atoms with E-state index in [0.29, 0.717) is 18.7 Å². The summed E-state index contributed by atoms with van der Waals surface area (Å²) in [5.41, 5.74) is 1.10. The second-order valence-corrected chi connectivity index (χ2v) is 7.08. The van der Waals surface area contributed by atoms with Crippen LogP contribution in [0.3, 0.4) is 0 Å². The highest BCUT2D eigenvalue weighted by Crippen LogP contribution is 2.21. The van der Waals surface area contributed by atoms with Gasteiger partial charge in [0.2, 0.25) is 5.91 Å². The van der Waals surface area contributed by atoms with Gasteiger partial charge in [0.25, 0.3) is 11.8 Å². The van der Waals surface area contributed by atoms with Gasteiger partial charge in [-0.15, -0.1) is 0 Å². The number of anilines is 1. The fourth-order valence-electron chi connectivity index (χ4n) is 3.61. The van der Waals surface area contributed by atoms with E-state index in [-0.39, 0.29) is 23.2 Å². The van der Waals surface area contributed by atoms with Gasteiger partial charge >= 0.3 is 0 Å². The lowest BCUT2D eigenvalue weighted by Crippen LogP contribution is -2.42. The average Bonchev–Trinajstić information content (AvgIpc) is 3.44. The van der Waals surface area contributed by atoms with Crippen LogP contribution in [0.5, 0.6) is 0 Å². The quantitative estimate of drug-likeness (QED) is 0.834. The minimum absolute atomic E-state index is 0.137. The van der Waals surface area contributed by atoms with Crippen LogP contribution in [0.1, 0.15) is 40.2 Å². The monoisotopic (exact) mass is 382 g/mol. The van der Waals surface area contributed by atoms with Gasteiger partial charge < -0.3 is 15.1 Å². The lowest BCUT2D eigenvalue weighted by molar-refractivity contribution is -0.118. The van der Waals surface area contributed by atoms with E-state index in [1.807, 2.05) is 0 Å². The minimum atomic E-state index is -0.618. The molecule has 1 unspecified atom stereocenters. The maximum atomic E-state index is 12.6. The number of rotatable bonds is 4. The third kappa shape index (κ3) is 3.47. The molecule has 146 valence electrons. The summed E-state index contributed by atoms with van der Waals surface area (Å²) in [6.45, 7) is 1.95. The smallest absolute Gasteiger partial charge is 0.272 e. The topological polar surface area (TPSA) is 100 Å². The van der Waals surface area contributed by atoms with E-state index in [0.717, 1.165) is 25.9 Å². The van der Waals surface area contributed by atoms with Crippen LogP contribution in [0, 0.1) is 0 Å². The van der Waals surface area contributed by atoms with Crippen molar-refractivity contribution in [1.29, 1.82) is 0 Å². The molecular weight excluding hydrogens is 360 g/mol. The van der Waals surface area contributed by atoms with E-state index >= 15 is 0 Å². The van der Waals surface area contributed by atoms with E-state index < -0.39 is 11.9 Å². The summed E-state index contributed by atoms with van der Waals surface area (Å²) in [4.78, 5) is 45.3. The first-order valence-corrected chi connectivity index (χ1v) is 9.40. The zero-order chi connectivity index (χ0) is 19.7. The van der Waals surface area contributed by atoms with Gasteiger partial charge in [0.15, 0.2) is 0 Å². The third-order valence-electron chi connectivity index (χ3n) is 5.11. The van der Waals surface area contributed by atoms with Crippen LogP contribution in [0.25, 0.3) is 0 Å². The molecule has 1 atom stereocenters. The number of aromatic nitrogens is 3. The highest BCUT2D eigenvalue weighted by molar-refractivity contribution is 6.03. The average molecular weight is 382 g/mol. The Morgan fingerprint density at radius 1 is 1.14 bits per heavy atom. The first kappa shape index (κ1) is 18.1. The van der Waals surface area contributed by atoms with Gasteiger partial charge in [0, 0.05) is 32.9 Å². The number of nitrogens with one attached hydrogen (secondary N) is 1. The number of amides is 3. The van der Waals surface area contributed by atoms with Gasteiger partial charge in [0.05, 0.1) is 11.9 Å². The molecule has 9 heteroatoms. The summed E-state index contributed by atoms with van der Waals surface area (Å²) in [7, 11) is 1.78. The predicted octanol–water partition coefficient (Wildman–Crippen LogP) is 0.586. The van der Waals surface area contributed by atoms with Gasteiger partial charge in [0.1, 0.15) is 17.4 Å². The first-order chi connectivity index (χ1) is 13.5.